The van der Waals surface area contributed by atoms with Gasteiger partial charge in [-0.1, -0.05) is 6.07 Å². The summed E-state index contributed by atoms with van der Waals surface area (Å²) in [5, 5.41) is 8.71. The lowest BCUT2D eigenvalue weighted by Gasteiger charge is -2.07. The molecule has 4 nitrogen and oxygen atoms in total. The third-order valence-corrected chi connectivity index (χ3v) is 4.11. The number of halogens is 3. The van der Waals surface area contributed by atoms with Crippen LogP contribution in [0, 0.1) is 0 Å². The van der Waals surface area contributed by atoms with Crippen LogP contribution in [0.1, 0.15) is 23.2 Å². The highest BCUT2D eigenvalue weighted by molar-refractivity contribution is 7.91. The van der Waals surface area contributed by atoms with Crippen LogP contribution in [0.4, 0.5) is 13.2 Å². The van der Waals surface area contributed by atoms with Gasteiger partial charge in [0.25, 0.3) is 0 Å². The van der Waals surface area contributed by atoms with Gasteiger partial charge in [0.2, 0.25) is 0 Å². The van der Waals surface area contributed by atoms with Crippen molar-refractivity contribution in [2.75, 3.05) is 5.75 Å². The molecule has 0 amide bonds. The predicted molar refractivity (Wildman–Crippen MR) is 60.7 cm³/mol. The van der Waals surface area contributed by atoms with Crippen molar-refractivity contribution in [2.24, 2.45) is 0 Å². The third kappa shape index (κ3) is 4.90. The molecule has 0 bridgehead atoms. The second-order valence-corrected chi connectivity index (χ2v) is 5.98. The lowest BCUT2D eigenvalue weighted by molar-refractivity contribution is -0.134. The van der Waals surface area contributed by atoms with Gasteiger partial charge in [-0.25, -0.2) is 13.2 Å². The number of aromatic carboxylic acids is 1. The minimum absolute atomic E-state index is 0.225. The van der Waals surface area contributed by atoms with E-state index >= 15 is 0 Å². The highest BCUT2D eigenvalue weighted by Gasteiger charge is 2.27. The minimum atomic E-state index is -4.40. The lowest BCUT2D eigenvalue weighted by atomic mass is 10.2. The first-order chi connectivity index (χ1) is 8.62. The van der Waals surface area contributed by atoms with Gasteiger partial charge in [0.05, 0.1) is 16.2 Å². The SMILES string of the molecule is O=C(O)c1cccc(S(=O)(=O)CCCC(F)(F)F)c1. The van der Waals surface area contributed by atoms with Crippen LogP contribution in [-0.4, -0.2) is 31.4 Å². The molecule has 8 heteroatoms. The third-order valence-electron chi connectivity index (χ3n) is 2.31. The quantitative estimate of drug-likeness (QED) is 0.906. The van der Waals surface area contributed by atoms with E-state index in [1.807, 2.05) is 0 Å². The highest BCUT2D eigenvalue weighted by Crippen LogP contribution is 2.23. The number of carbonyl (C=O) groups is 1. The van der Waals surface area contributed by atoms with Gasteiger partial charge in [-0.05, 0) is 24.6 Å². The van der Waals surface area contributed by atoms with Crippen LogP contribution in [0.15, 0.2) is 29.2 Å². The molecule has 0 heterocycles. The van der Waals surface area contributed by atoms with E-state index in [0.717, 1.165) is 12.1 Å². The van der Waals surface area contributed by atoms with Crippen molar-refractivity contribution in [2.45, 2.75) is 23.9 Å². The Hall–Kier alpha value is -1.57. The molecule has 19 heavy (non-hydrogen) atoms. The molecule has 1 aromatic carbocycles. The first-order valence-corrected chi connectivity index (χ1v) is 6.90. The van der Waals surface area contributed by atoms with E-state index in [0.29, 0.717) is 0 Å². The van der Waals surface area contributed by atoms with Gasteiger partial charge in [-0.15, -0.1) is 0 Å². The Kier molecular flexibility index (Phi) is 4.56. The van der Waals surface area contributed by atoms with E-state index in [-0.39, 0.29) is 10.5 Å². The summed E-state index contributed by atoms with van der Waals surface area (Å²) in [7, 11) is -3.90. The number of carboxylic acids is 1. The number of hydrogen-bond acceptors (Lipinski definition) is 3. The largest absolute Gasteiger partial charge is 0.478 e. The fraction of sp³-hybridized carbons (Fsp3) is 0.364. The van der Waals surface area contributed by atoms with E-state index in [9.17, 15) is 26.4 Å². The Morgan fingerprint density at radius 1 is 1.26 bits per heavy atom. The molecule has 0 atom stereocenters. The fourth-order valence-electron chi connectivity index (χ4n) is 1.40. The van der Waals surface area contributed by atoms with E-state index in [4.69, 9.17) is 5.11 Å². The molecule has 1 rings (SSSR count). The summed E-state index contributed by atoms with van der Waals surface area (Å²) in [6.45, 7) is 0. The van der Waals surface area contributed by atoms with Crippen molar-refractivity contribution in [3.8, 4) is 0 Å². The maximum atomic E-state index is 11.9. The van der Waals surface area contributed by atoms with Crippen LogP contribution in [0.2, 0.25) is 0 Å². The zero-order chi connectivity index (χ0) is 14.7. The Morgan fingerprint density at radius 3 is 2.42 bits per heavy atom. The molecular formula is C11H11F3O4S. The van der Waals surface area contributed by atoms with Gasteiger partial charge in [0.1, 0.15) is 0 Å². The standard InChI is InChI=1S/C11H11F3O4S/c12-11(13,14)5-2-6-19(17,18)9-4-1-3-8(7-9)10(15)16/h1,3-4,7H,2,5-6H2,(H,15,16). The normalized spacial score (nSPS) is 12.4. The average Bonchev–Trinajstić information content (AvgIpc) is 2.27. The topological polar surface area (TPSA) is 71.4 Å². The summed E-state index contributed by atoms with van der Waals surface area (Å²) >= 11 is 0. The fourth-order valence-corrected chi connectivity index (χ4v) is 2.76. The van der Waals surface area contributed by atoms with E-state index in [2.05, 4.69) is 0 Å². The number of hydrogen-bond donors (Lipinski definition) is 1. The molecule has 0 saturated heterocycles. The zero-order valence-electron chi connectivity index (χ0n) is 9.64. The lowest BCUT2D eigenvalue weighted by Crippen LogP contribution is -2.13. The summed E-state index contributed by atoms with van der Waals surface area (Å²) in [6, 6.07) is 4.54. The van der Waals surface area contributed by atoms with E-state index in [1.54, 1.807) is 0 Å². The van der Waals surface area contributed by atoms with Crippen LogP contribution >= 0.6 is 0 Å². The molecule has 0 aliphatic rings. The minimum Gasteiger partial charge on any atom is -0.478 e. The Morgan fingerprint density at radius 2 is 1.89 bits per heavy atom. The van der Waals surface area contributed by atoms with Gasteiger partial charge in [-0.3, -0.25) is 0 Å². The maximum Gasteiger partial charge on any atom is 0.389 e. The molecule has 1 aromatic rings. The maximum absolute atomic E-state index is 11.9. The Labute approximate surface area is 107 Å². The Balaban J connectivity index is 2.83. The van der Waals surface area contributed by atoms with Gasteiger partial charge in [-0.2, -0.15) is 13.2 Å². The summed E-state index contributed by atoms with van der Waals surface area (Å²) in [6.07, 6.45) is -6.15. The zero-order valence-corrected chi connectivity index (χ0v) is 10.5. The van der Waals surface area contributed by atoms with Crippen molar-refractivity contribution >= 4 is 15.8 Å². The summed E-state index contributed by atoms with van der Waals surface area (Å²) < 4.78 is 59.3. The second-order valence-electron chi connectivity index (χ2n) is 3.87. The molecule has 106 valence electrons. The van der Waals surface area contributed by atoms with Gasteiger partial charge >= 0.3 is 12.1 Å². The number of carboxylic acid groups (broad SMARTS) is 1. The highest BCUT2D eigenvalue weighted by atomic mass is 32.2. The van der Waals surface area contributed by atoms with Crippen molar-refractivity contribution in [3.05, 3.63) is 29.8 Å². The molecule has 0 fully saturated rings. The van der Waals surface area contributed by atoms with E-state index < -0.39 is 40.6 Å². The molecule has 0 aliphatic carbocycles. The number of sulfone groups is 1. The summed E-state index contributed by atoms with van der Waals surface area (Å²) in [4.78, 5) is 10.4. The van der Waals surface area contributed by atoms with Crippen LogP contribution in [0.25, 0.3) is 0 Å². The molecule has 0 spiro atoms. The van der Waals surface area contributed by atoms with Gasteiger partial charge in [0.15, 0.2) is 9.84 Å². The molecule has 0 radical (unpaired) electrons. The molecular weight excluding hydrogens is 285 g/mol. The molecule has 0 aliphatic heterocycles. The van der Waals surface area contributed by atoms with Crippen LogP contribution < -0.4 is 0 Å². The first-order valence-electron chi connectivity index (χ1n) is 5.25. The molecule has 1 N–H and O–H groups in total. The van der Waals surface area contributed by atoms with Crippen molar-refractivity contribution < 1.29 is 31.5 Å². The predicted octanol–water partition coefficient (Wildman–Crippen LogP) is 2.50. The first kappa shape index (κ1) is 15.5. The number of benzene rings is 1. The molecule has 0 unspecified atom stereocenters. The average molecular weight is 296 g/mol. The van der Waals surface area contributed by atoms with Crippen molar-refractivity contribution in [3.63, 3.8) is 0 Å². The monoisotopic (exact) mass is 296 g/mol. The van der Waals surface area contributed by atoms with Gasteiger partial charge in [0, 0.05) is 6.42 Å². The number of rotatable bonds is 5. The van der Waals surface area contributed by atoms with Crippen molar-refractivity contribution in [1.82, 2.24) is 0 Å². The Bertz CT molecular complexity index is 564. The smallest absolute Gasteiger partial charge is 0.389 e. The second kappa shape index (κ2) is 5.60. The summed E-state index contributed by atoms with van der Waals surface area (Å²) in [5.41, 5.74) is -0.225. The molecule has 0 aromatic heterocycles. The van der Waals surface area contributed by atoms with Gasteiger partial charge < -0.3 is 5.11 Å². The summed E-state index contributed by atoms with van der Waals surface area (Å²) in [5.74, 6) is -1.97. The van der Waals surface area contributed by atoms with Crippen molar-refractivity contribution in [1.29, 1.82) is 0 Å². The van der Waals surface area contributed by atoms with E-state index in [1.165, 1.54) is 12.1 Å². The molecule has 0 saturated carbocycles. The van der Waals surface area contributed by atoms with Crippen LogP contribution in [-0.2, 0) is 9.84 Å². The number of alkyl halides is 3. The van der Waals surface area contributed by atoms with Crippen LogP contribution in [0.5, 0.6) is 0 Å². The van der Waals surface area contributed by atoms with Crippen LogP contribution in [0.3, 0.4) is 0 Å².